The number of rotatable bonds is 4. The molecule has 5 heteroatoms. The highest BCUT2D eigenvalue weighted by molar-refractivity contribution is 6.33. The predicted molar refractivity (Wildman–Crippen MR) is 61.8 cm³/mol. The van der Waals surface area contributed by atoms with Crippen LogP contribution in [0.15, 0.2) is 12.1 Å². The molecule has 1 aliphatic rings. The van der Waals surface area contributed by atoms with Crippen molar-refractivity contribution in [1.82, 2.24) is 5.32 Å². The smallest absolute Gasteiger partial charge is 0.147 e. The molecular formula is C11H14ClFN2O. The van der Waals surface area contributed by atoms with E-state index in [4.69, 9.17) is 22.4 Å². The van der Waals surface area contributed by atoms with E-state index in [2.05, 4.69) is 5.32 Å². The zero-order valence-corrected chi connectivity index (χ0v) is 9.52. The number of nitrogen functional groups attached to an aromatic ring is 1. The van der Waals surface area contributed by atoms with Crippen molar-refractivity contribution in [2.24, 2.45) is 0 Å². The van der Waals surface area contributed by atoms with E-state index < -0.39 is 5.82 Å². The Morgan fingerprint density at radius 1 is 1.50 bits per heavy atom. The van der Waals surface area contributed by atoms with E-state index in [9.17, 15) is 4.39 Å². The van der Waals surface area contributed by atoms with Gasteiger partial charge in [-0.25, -0.2) is 4.39 Å². The Kier molecular flexibility index (Phi) is 3.06. The number of aliphatic hydroxyl groups excluding tert-OH is 1. The fraction of sp³-hybridized carbons (Fsp3) is 0.455. The van der Waals surface area contributed by atoms with Crippen molar-refractivity contribution in [3.05, 3.63) is 28.5 Å². The summed E-state index contributed by atoms with van der Waals surface area (Å²) in [6.07, 6.45) is 1.85. The molecule has 1 fully saturated rings. The van der Waals surface area contributed by atoms with Gasteiger partial charge in [0, 0.05) is 12.1 Å². The molecule has 0 bridgehead atoms. The van der Waals surface area contributed by atoms with Gasteiger partial charge in [-0.2, -0.15) is 0 Å². The lowest BCUT2D eigenvalue weighted by atomic mass is 10.0. The molecule has 0 heterocycles. The van der Waals surface area contributed by atoms with Crippen molar-refractivity contribution < 1.29 is 9.50 Å². The maximum absolute atomic E-state index is 13.4. The van der Waals surface area contributed by atoms with Gasteiger partial charge < -0.3 is 16.2 Å². The molecule has 1 aliphatic carbocycles. The van der Waals surface area contributed by atoms with Crippen molar-refractivity contribution in [3.8, 4) is 0 Å². The third-order valence-electron chi connectivity index (χ3n) is 2.96. The molecule has 1 aromatic rings. The zero-order valence-electron chi connectivity index (χ0n) is 8.76. The molecule has 0 atom stereocenters. The summed E-state index contributed by atoms with van der Waals surface area (Å²) < 4.78 is 13.4. The van der Waals surface area contributed by atoms with Gasteiger partial charge in [-0.15, -0.1) is 0 Å². The molecule has 0 spiro atoms. The summed E-state index contributed by atoms with van der Waals surface area (Å²) in [5.74, 6) is -0.487. The van der Waals surface area contributed by atoms with E-state index in [1.54, 1.807) is 6.07 Å². The second-order valence-electron chi connectivity index (χ2n) is 4.09. The van der Waals surface area contributed by atoms with Crippen molar-refractivity contribution in [2.75, 3.05) is 18.9 Å². The quantitative estimate of drug-likeness (QED) is 0.706. The first-order valence-corrected chi connectivity index (χ1v) is 5.58. The Morgan fingerprint density at radius 2 is 2.19 bits per heavy atom. The standard InChI is InChI=1S/C11H14ClFN2O/c12-8-5-7(6-9(13)10(8)14)11(1-2-11)15-3-4-16/h5-6,15-16H,1-4,14H2. The van der Waals surface area contributed by atoms with Crippen molar-refractivity contribution in [2.45, 2.75) is 18.4 Å². The minimum absolute atomic E-state index is 0.0108. The minimum atomic E-state index is -0.487. The molecule has 0 saturated heterocycles. The third-order valence-corrected chi connectivity index (χ3v) is 3.27. The molecule has 0 unspecified atom stereocenters. The molecule has 4 N–H and O–H groups in total. The Morgan fingerprint density at radius 3 is 2.69 bits per heavy atom. The van der Waals surface area contributed by atoms with Gasteiger partial charge in [-0.05, 0) is 30.5 Å². The monoisotopic (exact) mass is 244 g/mol. The van der Waals surface area contributed by atoms with Crippen LogP contribution in [-0.4, -0.2) is 18.3 Å². The molecule has 88 valence electrons. The van der Waals surface area contributed by atoms with Crippen LogP contribution in [0.4, 0.5) is 10.1 Å². The lowest BCUT2D eigenvalue weighted by Crippen LogP contribution is -2.31. The summed E-state index contributed by atoms with van der Waals surface area (Å²) in [6.45, 7) is 0.552. The van der Waals surface area contributed by atoms with Crippen LogP contribution in [0.1, 0.15) is 18.4 Å². The Balaban J connectivity index is 2.27. The summed E-state index contributed by atoms with van der Waals surface area (Å²) in [6, 6.07) is 3.11. The van der Waals surface area contributed by atoms with Crippen LogP contribution >= 0.6 is 11.6 Å². The first kappa shape index (κ1) is 11.6. The first-order valence-electron chi connectivity index (χ1n) is 5.20. The van der Waals surface area contributed by atoms with E-state index in [1.807, 2.05) is 0 Å². The second-order valence-corrected chi connectivity index (χ2v) is 4.49. The summed E-state index contributed by atoms with van der Waals surface area (Å²) in [4.78, 5) is 0. The van der Waals surface area contributed by atoms with Gasteiger partial charge in [0.15, 0.2) is 0 Å². The number of nitrogens with one attached hydrogen (secondary N) is 1. The van der Waals surface area contributed by atoms with E-state index >= 15 is 0 Å². The van der Waals surface area contributed by atoms with Crippen molar-refractivity contribution in [1.29, 1.82) is 0 Å². The lowest BCUT2D eigenvalue weighted by molar-refractivity contribution is 0.281. The summed E-state index contributed by atoms with van der Waals surface area (Å²) in [5, 5.41) is 12.2. The number of benzene rings is 1. The van der Waals surface area contributed by atoms with E-state index in [0.717, 1.165) is 18.4 Å². The largest absolute Gasteiger partial charge is 0.395 e. The lowest BCUT2D eigenvalue weighted by Gasteiger charge is -2.18. The van der Waals surface area contributed by atoms with E-state index in [0.29, 0.717) is 6.54 Å². The molecule has 0 amide bonds. The number of hydrogen-bond acceptors (Lipinski definition) is 3. The number of nitrogens with two attached hydrogens (primary N) is 1. The van der Waals surface area contributed by atoms with Crippen LogP contribution in [0.25, 0.3) is 0 Å². The van der Waals surface area contributed by atoms with Crippen LogP contribution in [0.2, 0.25) is 5.02 Å². The summed E-state index contributed by atoms with van der Waals surface area (Å²) in [7, 11) is 0. The first-order chi connectivity index (χ1) is 7.59. The fourth-order valence-electron chi connectivity index (χ4n) is 1.85. The van der Waals surface area contributed by atoms with Gasteiger partial charge in [-0.3, -0.25) is 0 Å². The molecule has 0 aliphatic heterocycles. The average Bonchev–Trinajstić information content (AvgIpc) is 3.03. The molecular weight excluding hydrogens is 231 g/mol. The molecule has 0 aromatic heterocycles. The van der Waals surface area contributed by atoms with Crippen LogP contribution in [0.3, 0.4) is 0 Å². The molecule has 1 aromatic carbocycles. The normalized spacial score (nSPS) is 17.4. The van der Waals surface area contributed by atoms with Crippen molar-refractivity contribution in [3.63, 3.8) is 0 Å². The van der Waals surface area contributed by atoms with Gasteiger partial charge in [0.1, 0.15) is 5.82 Å². The van der Waals surface area contributed by atoms with Crippen LogP contribution < -0.4 is 11.1 Å². The summed E-state index contributed by atoms with van der Waals surface area (Å²) >= 11 is 5.84. The number of aliphatic hydroxyl groups is 1. The van der Waals surface area contributed by atoms with Gasteiger partial charge in [0.2, 0.25) is 0 Å². The molecule has 0 radical (unpaired) electrons. The molecule has 2 rings (SSSR count). The summed E-state index contributed by atoms with van der Waals surface area (Å²) in [5.41, 5.74) is 6.02. The Bertz CT molecular complexity index is 384. The fourth-order valence-corrected chi connectivity index (χ4v) is 2.06. The topological polar surface area (TPSA) is 58.3 Å². The van der Waals surface area contributed by atoms with Crippen LogP contribution in [0, 0.1) is 5.82 Å². The van der Waals surface area contributed by atoms with E-state index in [-0.39, 0.29) is 22.9 Å². The Hall–Kier alpha value is -0.840. The Labute approximate surface area is 98.4 Å². The van der Waals surface area contributed by atoms with E-state index in [1.165, 1.54) is 6.07 Å². The van der Waals surface area contributed by atoms with Crippen molar-refractivity contribution >= 4 is 17.3 Å². The highest BCUT2D eigenvalue weighted by Gasteiger charge is 2.44. The number of hydrogen-bond donors (Lipinski definition) is 3. The zero-order chi connectivity index (χ0) is 11.8. The van der Waals surface area contributed by atoms with Crippen LogP contribution in [-0.2, 0) is 5.54 Å². The molecule has 16 heavy (non-hydrogen) atoms. The molecule has 1 saturated carbocycles. The second kappa shape index (κ2) is 4.20. The average molecular weight is 245 g/mol. The number of halogens is 2. The van der Waals surface area contributed by atoms with Gasteiger partial charge >= 0.3 is 0 Å². The SMILES string of the molecule is Nc1c(F)cc(C2(NCCO)CC2)cc1Cl. The maximum Gasteiger partial charge on any atom is 0.147 e. The highest BCUT2D eigenvalue weighted by Crippen LogP contribution is 2.46. The molecule has 3 nitrogen and oxygen atoms in total. The third kappa shape index (κ3) is 2.00. The number of anilines is 1. The minimum Gasteiger partial charge on any atom is -0.395 e. The highest BCUT2D eigenvalue weighted by atomic mass is 35.5. The maximum atomic E-state index is 13.4. The predicted octanol–water partition coefficient (Wildman–Crippen LogP) is 1.63. The van der Waals surface area contributed by atoms with Crippen LogP contribution in [0.5, 0.6) is 0 Å². The van der Waals surface area contributed by atoms with Gasteiger partial charge in [0.05, 0.1) is 17.3 Å². The van der Waals surface area contributed by atoms with Gasteiger partial charge in [-0.1, -0.05) is 11.6 Å². The van der Waals surface area contributed by atoms with Gasteiger partial charge in [0.25, 0.3) is 0 Å².